The van der Waals surface area contributed by atoms with Crippen LogP contribution < -0.4 is 15.4 Å². The molecule has 0 amide bonds. The first-order valence-electron chi connectivity index (χ1n) is 6.45. The molecule has 1 saturated carbocycles. The summed E-state index contributed by atoms with van der Waals surface area (Å²) in [6.45, 7) is 2.32. The van der Waals surface area contributed by atoms with Gasteiger partial charge in [0.1, 0.15) is 5.75 Å². The third-order valence-electron chi connectivity index (χ3n) is 3.98. The third-order valence-corrected chi connectivity index (χ3v) is 3.98. The fourth-order valence-corrected chi connectivity index (χ4v) is 2.68. The van der Waals surface area contributed by atoms with Crippen LogP contribution in [-0.2, 0) is 5.54 Å². The fourth-order valence-electron chi connectivity index (χ4n) is 2.68. The van der Waals surface area contributed by atoms with E-state index in [4.69, 9.17) is 10.5 Å². The van der Waals surface area contributed by atoms with Gasteiger partial charge in [-0.25, -0.2) is 0 Å². The lowest BCUT2D eigenvalue weighted by atomic mass is 10.0. The van der Waals surface area contributed by atoms with Crippen LogP contribution in [0.5, 0.6) is 5.75 Å². The standard InChI is InChI=1S/C14H20N2O/c1-17-11-4-5-13(16-8-2-3-9-16)12(10-11)14(15)6-7-14/h4-5,10H,2-3,6-9,15H2,1H3. The second-order valence-electron chi connectivity index (χ2n) is 5.23. The molecule has 1 aliphatic heterocycles. The topological polar surface area (TPSA) is 38.5 Å². The van der Waals surface area contributed by atoms with Crippen LogP contribution in [0.3, 0.4) is 0 Å². The Bertz CT molecular complexity index is 420. The summed E-state index contributed by atoms with van der Waals surface area (Å²) in [5.74, 6) is 0.916. The van der Waals surface area contributed by atoms with Crippen LogP contribution >= 0.6 is 0 Å². The molecule has 1 heterocycles. The van der Waals surface area contributed by atoms with Gasteiger partial charge in [-0.05, 0) is 49.4 Å². The van der Waals surface area contributed by atoms with Gasteiger partial charge in [0.2, 0.25) is 0 Å². The number of ether oxygens (including phenoxy) is 1. The predicted octanol–water partition coefficient (Wildman–Crippen LogP) is 2.24. The molecular weight excluding hydrogens is 212 g/mol. The average molecular weight is 232 g/mol. The number of anilines is 1. The fraction of sp³-hybridized carbons (Fsp3) is 0.571. The maximum absolute atomic E-state index is 6.38. The molecule has 0 spiro atoms. The van der Waals surface area contributed by atoms with Crippen LogP contribution in [0.1, 0.15) is 31.2 Å². The summed E-state index contributed by atoms with van der Waals surface area (Å²) in [6.07, 6.45) is 4.79. The Balaban J connectivity index is 2.01. The average Bonchev–Trinajstić information content (AvgIpc) is 2.91. The molecule has 17 heavy (non-hydrogen) atoms. The molecule has 1 aliphatic carbocycles. The molecule has 0 radical (unpaired) electrons. The van der Waals surface area contributed by atoms with Crippen molar-refractivity contribution in [3.05, 3.63) is 23.8 Å². The van der Waals surface area contributed by atoms with Crippen molar-refractivity contribution >= 4 is 5.69 Å². The number of benzene rings is 1. The van der Waals surface area contributed by atoms with Crippen LogP contribution in [0.15, 0.2) is 18.2 Å². The molecule has 3 heteroatoms. The molecule has 0 bridgehead atoms. The monoisotopic (exact) mass is 232 g/mol. The van der Waals surface area contributed by atoms with Gasteiger partial charge in [0.05, 0.1) is 7.11 Å². The largest absolute Gasteiger partial charge is 0.497 e. The third kappa shape index (κ3) is 1.89. The zero-order valence-corrected chi connectivity index (χ0v) is 10.4. The highest BCUT2D eigenvalue weighted by atomic mass is 16.5. The quantitative estimate of drug-likeness (QED) is 0.868. The molecule has 2 N–H and O–H groups in total. The summed E-state index contributed by atoms with van der Waals surface area (Å²) in [5, 5.41) is 0. The number of hydrogen-bond donors (Lipinski definition) is 1. The van der Waals surface area contributed by atoms with E-state index in [-0.39, 0.29) is 5.54 Å². The second-order valence-corrected chi connectivity index (χ2v) is 5.23. The lowest BCUT2D eigenvalue weighted by molar-refractivity contribution is 0.413. The first-order chi connectivity index (χ1) is 8.23. The van der Waals surface area contributed by atoms with Gasteiger partial charge in [-0.15, -0.1) is 0 Å². The van der Waals surface area contributed by atoms with Crippen molar-refractivity contribution in [1.82, 2.24) is 0 Å². The van der Waals surface area contributed by atoms with E-state index < -0.39 is 0 Å². The van der Waals surface area contributed by atoms with E-state index in [1.807, 2.05) is 6.07 Å². The summed E-state index contributed by atoms with van der Waals surface area (Å²) in [6, 6.07) is 6.34. The lowest BCUT2D eigenvalue weighted by Gasteiger charge is -2.24. The van der Waals surface area contributed by atoms with Gasteiger partial charge in [0.25, 0.3) is 0 Å². The summed E-state index contributed by atoms with van der Waals surface area (Å²) >= 11 is 0. The van der Waals surface area contributed by atoms with Crippen molar-refractivity contribution in [1.29, 1.82) is 0 Å². The first kappa shape index (κ1) is 10.9. The van der Waals surface area contributed by atoms with E-state index >= 15 is 0 Å². The second kappa shape index (κ2) is 3.91. The highest BCUT2D eigenvalue weighted by Crippen LogP contribution is 2.48. The molecule has 1 saturated heterocycles. The van der Waals surface area contributed by atoms with Crippen molar-refractivity contribution < 1.29 is 4.74 Å². The van der Waals surface area contributed by atoms with E-state index in [0.717, 1.165) is 31.7 Å². The molecule has 0 aromatic heterocycles. The van der Waals surface area contributed by atoms with Crippen molar-refractivity contribution in [3.8, 4) is 5.75 Å². The summed E-state index contributed by atoms with van der Waals surface area (Å²) < 4.78 is 5.32. The van der Waals surface area contributed by atoms with E-state index in [0.29, 0.717) is 0 Å². The molecule has 0 atom stereocenters. The van der Waals surface area contributed by atoms with Gasteiger partial charge >= 0.3 is 0 Å². The molecular formula is C14H20N2O. The van der Waals surface area contributed by atoms with Crippen molar-refractivity contribution in [3.63, 3.8) is 0 Å². The van der Waals surface area contributed by atoms with Gasteiger partial charge in [0, 0.05) is 24.3 Å². The summed E-state index contributed by atoms with van der Waals surface area (Å²) in [7, 11) is 1.71. The molecule has 1 aromatic carbocycles. The highest BCUT2D eigenvalue weighted by Gasteiger charge is 2.42. The lowest BCUT2D eigenvalue weighted by Crippen LogP contribution is -2.26. The summed E-state index contributed by atoms with van der Waals surface area (Å²) in [5.41, 5.74) is 8.89. The normalized spacial score (nSPS) is 21.6. The maximum Gasteiger partial charge on any atom is 0.119 e. The van der Waals surface area contributed by atoms with Crippen LogP contribution in [0, 0.1) is 0 Å². The van der Waals surface area contributed by atoms with Gasteiger partial charge in [-0.1, -0.05) is 0 Å². The number of nitrogens with zero attached hydrogens (tertiary/aromatic N) is 1. The number of hydrogen-bond acceptors (Lipinski definition) is 3. The molecule has 92 valence electrons. The Morgan fingerprint density at radius 2 is 1.94 bits per heavy atom. The molecule has 2 fully saturated rings. The maximum atomic E-state index is 6.38. The van der Waals surface area contributed by atoms with Crippen molar-refractivity contribution in [2.75, 3.05) is 25.1 Å². The van der Waals surface area contributed by atoms with E-state index in [2.05, 4.69) is 17.0 Å². The Kier molecular flexibility index (Phi) is 2.51. The minimum atomic E-state index is -0.0908. The number of nitrogens with two attached hydrogens (primary N) is 1. The molecule has 3 nitrogen and oxygen atoms in total. The Labute approximate surface area is 103 Å². The van der Waals surface area contributed by atoms with Crippen LogP contribution in [0.25, 0.3) is 0 Å². The van der Waals surface area contributed by atoms with Crippen LogP contribution in [-0.4, -0.2) is 20.2 Å². The zero-order valence-electron chi connectivity index (χ0n) is 10.4. The van der Waals surface area contributed by atoms with E-state index in [1.54, 1.807) is 7.11 Å². The zero-order chi connectivity index (χ0) is 11.9. The number of methoxy groups -OCH3 is 1. The van der Waals surface area contributed by atoms with Crippen LogP contribution in [0.4, 0.5) is 5.69 Å². The van der Waals surface area contributed by atoms with Crippen molar-refractivity contribution in [2.45, 2.75) is 31.2 Å². The smallest absolute Gasteiger partial charge is 0.119 e. The van der Waals surface area contributed by atoms with E-state index in [9.17, 15) is 0 Å². The molecule has 2 aliphatic rings. The van der Waals surface area contributed by atoms with Gasteiger partial charge in [-0.3, -0.25) is 0 Å². The van der Waals surface area contributed by atoms with Gasteiger partial charge < -0.3 is 15.4 Å². The first-order valence-corrected chi connectivity index (χ1v) is 6.45. The molecule has 0 unspecified atom stereocenters. The Morgan fingerprint density at radius 1 is 1.24 bits per heavy atom. The predicted molar refractivity (Wildman–Crippen MR) is 69.5 cm³/mol. The van der Waals surface area contributed by atoms with Gasteiger partial charge in [0.15, 0.2) is 0 Å². The molecule has 1 aromatic rings. The SMILES string of the molecule is COc1ccc(N2CCCC2)c(C2(N)CC2)c1. The van der Waals surface area contributed by atoms with Gasteiger partial charge in [-0.2, -0.15) is 0 Å². The minimum absolute atomic E-state index is 0.0908. The van der Waals surface area contributed by atoms with E-state index in [1.165, 1.54) is 24.1 Å². The van der Waals surface area contributed by atoms with Crippen molar-refractivity contribution in [2.24, 2.45) is 5.73 Å². The summed E-state index contributed by atoms with van der Waals surface area (Å²) in [4.78, 5) is 2.46. The van der Waals surface area contributed by atoms with Crippen LogP contribution in [0.2, 0.25) is 0 Å². The minimum Gasteiger partial charge on any atom is -0.497 e. The Morgan fingerprint density at radius 3 is 2.53 bits per heavy atom. The Hall–Kier alpha value is -1.22. The highest BCUT2D eigenvalue weighted by molar-refractivity contribution is 5.61. The number of rotatable bonds is 3. The molecule has 3 rings (SSSR count).